The van der Waals surface area contributed by atoms with Crippen molar-refractivity contribution in [2.75, 3.05) is 31.1 Å². The first-order chi connectivity index (χ1) is 10.2. The van der Waals surface area contributed by atoms with E-state index in [1.165, 1.54) is 11.5 Å². The van der Waals surface area contributed by atoms with Crippen LogP contribution in [0.2, 0.25) is 0 Å². The molecular formula is C14H19N3O3S. The van der Waals surface area contributed by atoms with Crippen LogP contribution in [0.3, 0.4) is 0 Å². The van der Waals surface area contributed by atoms with Crippen LogP contribution in [-0.4, -0.2) is 57.8 Å². The zero-order valence-corrected chi connectivity index (χ0v) is 12.8. The number of aromatic nitrogens is 2. The molecule has 3 atom stereocenters. The van der Waals surface area contributed by atoms with Crippen molar-refractivity contribution in [3.8, 4) is 6.01 Å². The highest BCUT2D eigenvalue weighted by Gasteiger charge is 2.43. The van der Waals surface area contributed by atoms with Gasteiger partial charge >= 0.3 is 6.01 Å². The Kier molecular flexibility index (Phi) is 3.43. The predicted molar refractivity (Wildman–Crippen MR) is 79.9 cm³/mol. The van der Waals surface area contributed by atoms with Gasteiger partial charge in [-0.15, -0.1) is 0 Å². The lowest BCUT2D eigenvalue weighted by molar-refractivity contribution is -0.0134. The number of hydrogen-bond acceptors (Lipinski definition) is 6. The van der Waals surface area contributed by atoms with E-state index in [2.05, 4.69) is 9.88 Å². The first-order valence-corrected chi connectivity index (χ1v) is 8.58. The van der Waals surface area contributed by atoms with Gasteiger partial charge in [-0.1, -0.05) is 0 Å². The summed E-state index contributed by atoms with van der Waals surface area (Å²) in [5.74, 6) is 2.38. The molecule has 114 valence electrons. The summed E-state index contributed by atoms with van der Waals surface area (Å²) in [6.45, 7) is 4.90. The molecule has 0 aliphatic carbocycles. The molecule has 4 heterocycles. The van der Waals surface area contributed by atoms with Crippen molar-refractivity contribution in [2.45, 2.75) is 31.8 Å². The first kappa shape index (κ1) is 13.6. The Hall–Kier alpha value is -1.05. The Morgan fingerprint density at radius 1 is 1.43 bits per heavy atom. The SMILES string of the molecule is Cc1cn2c(nc1=O)O[C@H]1C[C@@H]2O[C@H]1CN1CCSCC1. The molecule has 2 saturated heterocycles. The number of ether oxygens (including phenoxy) is 2. The molecule has 0 amide bonds. The van der Waals surface area contributed by atoms with E-state index in [0.717, 1.165) is 26.1 Å². The summed E-state index contributed by atoms with van der Waals surface area (Å²) >= 11 is 2.01. The average molecular weight is 309 g/mol. The highest BCUT2D eigenvalue weighted by atomic mass is 32.2. The highest BCUT2D eigenvalue weighted by Crippen LogP contribution is 2.38. The molecular weight excluding hydrogens is 290 g/mol. The molecule has 6 nitrogen and oxygen atoms in total. The molecule has 0 radical (unpaired) electrons. The second-order valence-electron chi connectivity index (χ2n) is 5.85. The summed E-state index contributed by atoms with van der Waals surface area (Å²) < 4.78 is 13.9. The standard InChI is InChI=1S/C14H19N3O3S/c1-9-7-17-12-6-10(20-14(17)15-13(9)18)11(19-12)8-16-2-4-21-5-3-16/h7,10-12H,2-6,8H2,1H3/t10-,11-,12-/m0/s1. The fraction of sp³-hybridized carbons (Fsp3) is 0.714. The topological polar surface area (TPSA) is 56.6 Å². The Morgan fingerprint density at radius 3 is 3.05 bits per heavy atom. The summed E-state index contributed by atoms with van der Waals surface area (Å²) in [6.07, 6.45) is 2.67. The summed E-state index contributed by atoms with van der Waals surface area (Å²) in [4.78, 5) is 18.1. The fourth-order valence-electron chi connectivity index (χ4n) is 3.18. The predicted octanol–water partition coefficient (Wildman–Crippen LogP) is 0.649. The largest absolute Gasteiger partial charge is 0.458 e. The van der Waals surface area contributed by atoms with Gasteiger partial charge in [0.2, 0.25) is 0 Å². The molecule has 3 aliphatic rings. The van der Waals surface area contributed by atoms with E-state index in [-0.39, 0.29) is 24.0 Å². The van der Waals surface area contributed by atoms with Gasteiger partial charge in [0.15, 0.2) is 0 Å². The van der Waals surface area contributed by atoms with Crippen LogP contribution in [0.15, 0.2) is 11.0 Å². The van der Waals surface area contributed by atoms with Gasteiger partial charge in [-0.05, 0) is 6.92 Å². The van der Waals surface area contributed by atoms with Gasteiger partial charge in [-0.2, -0.15) is 16.7 Å². The zero-order chi connectivity index (χ0) is 14.4. The Balaban J connectivity index is 1.52. The van der Waals surface area contributed by atoms with Crippen LogP contribution in [0, 0.1) is 6.92 Å². The van der Waals surface area contributed by atoms with Crippen LogP contribution < -0.4 is 10.3 Å². The molecule has 2 bridgehead atoms. The second kappa shape index (κ2) is 5.30. The molecule has 21 heavy (non-hydrogen) atoms. The van der Waals surface area contributed by atoms with E-state index in [9.17, 15) is 4.79 Å². The van der Waals surface area contributed by atoms with Gasteiger partial charge in [-0.25, -0.2) is 0 Å². The van der Waals surface area contributed by atoms with E-state index in [4.69, 9.17) is 9.47 Å². The van der Waals surface area contributed by atoms with Crippen LogP contribution in [0.5, 0.6) is 6.01 Å². The zero-order valence-electron chi connectivity index (χ0n) is 12.0. The maximum absolute atomic E-state index is 11.7. The third kappa shape index (κ3) is 2.47. The average Bonchev–Trinajstić information content (AvgIpc) is 2.81. The molecule has 0 spiro atoms. The minimum Gasteiger partial charge on any atom is -0.458 e. The molecule has 0 N–H and O–H groups in total. The molecule has 7 heteroatoms. The molecule has 1 aromatic rings. The lowest BCUT2D eigenvalue weighted by Gasteiger charge is -2.29. The van der Waals surface area contributed by atoms with Gasteiger partial charge in [-0.3, -0.25) is 14.3 Å². The van der Waals surface area contributed by atoms with Gasteiger partial charge in [0.25, 0.3) is 5.56 Å². The lowest BCUT2D eigenvalue weighted by Crippen LogP contribution is -2.43. The summed E-state index contributed by atoms with van der Waals surface area (Å²) in [5.41, 5.74) is 0.410. The Labute approximate surface area is 127 Å². The van der Waals surface area contributed by atoms with Crippen molar-refractivity contribution < 1.29 is 9.47 Å². The number of fused-ring (bicyclic) bond motifs is 4. The van der Waals surface area contributed by atoms with Crippen LogP contribution >= 0.6 is 11.8 Å². The first-order valence-electron chi connectivity index (χ1n) is 7.43. The molecule has 0 unspecified atom stereocenters. The van der Waals surface area contributed by atoms with Gasteiger partial charge in [0.1, 0.15) is 18.4 Å². The molecule has 0 aromatic carbocycles. The quantitative estimate of drug-likeness (QED) is 0.799. The number of aryl methyl sites for hydroxylation is 1. The number of nitrogens with zero attached hydrogens (tertiary/aromatic N) is 3. The van der Waals surface area contributed by atoms with Gasteiger partial charge in [0.05, 0.1) is 0 Å². The Morgan fingerprint density at radius 2 is 2.24 bits per heavy atom. The van der Waals surface area contributed by atoms with Crippen molar-refractivity contribution in [3.05, 3.63) is 22.1 Å². The highest BCUT2D eigenvalue weighted by molar-refractivity contribution is 7.99. The number of rotatable bonds is 2. The Bertz CT molecular complexity index is 600. The summed E-state index contributed by atoms with van der Waals surface area (Å²) in [7, 11) is 0. The third-order valence-corrected chi connectivity index (χ3v) is 5.32. The maximum Gasteiger partial charge on any atom is 0.302 e. The third-order valence-electron chi connectivity index (χ3n) is 4.38. The maximum atomic E-state index is 11.7. The van der Waals surface area contributed by atoms with Crippen LogP contribution in [0.25, 0.3) is 0 Å². The molecule has 0 saturated carbocycles. The fourth-order valence-corrected chi connectivity index (χ4v) is 4.16. The van der Waals surface area contributed by atoms with Crippen LogP contribution in [0.1, 0.15) is 18.2 Å². The van der Waals surface area contributed by atoms with E-state index in [0.29, 0.717) is 11.6 Å². The minimum atomic E-state index is -0.216. The van der Waals surface area contributed by atoms with Crippen LogP contribution in [0.4, 0.5) is 0 Å². The van der Waals surface area contributed by atoms with Crippen molar-refractivity contribution in [1.82, 2.24) is 14.5 Å². The van der Waals surface area contributed by atoms with Gasteiger partial charge < -0.3 is 9.47 Å². The summed E-state index contributed by atoms with van der Waals surface area (Å²) in [5, 5.41) is 0. The van der Waals surface area contributed by atoms with Crippen molar-refractivity contribution in [2.24, 2.45) is 0 Å². The minimum absolute atomic E-state index is 0.0131. The van der Waals surface area contributed by atoms with Crippen molar-refractivity contribution >= 4 is 11.8 Å². The smallest absolute Gasteiger partial charge is 0.302 e. The molecule has 3 aliphatic heterocycles. The monoisotopic (exact) mass is 309 g/mol. The molecule has 2 fully saturated rings. The second-order valence-corrected chi connectivity index (χ2v) is 7.08. The summed E-state index contributed by atoms with van der Waals surface area (Å²) in [6, 6.07) is 0.406. The normalized spacial score (nSPS) is 31.8. The number of hydrogen-bond donors (Lipinski definition) is 0. The number of thioether (sulfide) groups is 1. The van der Waals surface area contributed by atoms with E-state index in [1.54, 1.807) is 13.1 Å². The van der Waals surface area contributed by atoms with Crippen molar-refractivity contribution in [3.63, 3.8) is 0 Å². The molecule has 1 aromatic heterocycles. The van der Waals surface area contributed by atoms with E-state index >= 15 is 0 Å². The van der Waals surface area contributed by atoms with Gasteiger partial charge in [0, 0.05) is 49.3 Å². The van der Waals surface area contributed by atoms with E-state index in [1.807, 2.05) is 16.3 Å². The van der Waals surface area contributed by atoms with Crippen molar-refractivity contribution in [1.29, 1.82) is 0 Å². The molecule has 4 rings (SSSR count). The van der Waals surface area contributed by atoms with E-state index < -0.39 is 0 Å². The van der Waals surface area contributed by atoms with Crippen LogP contribution in [-0.2, 0) is 4.74 Å². The lowest BCUT2D eigenvalue weighted by atomic mass is 10.1.